The van der Waals surface area contributed by atoms with Crippen molar-refractivity contribution in [3.8, 4) is 10.8 Å². The van der Waals surface area contributed by atoms with E-state index in [9.17, 15) is 9.59 Å². The number of anilines is 1. The fourth-order valence-corrected chi connectivity index (χ4v) is 6.23. The van der Waals surface area contributed by atoms with Crippen molar-refractivity contribution >= 4 is 29.0 Å². The molecule has 2 aromatic rings. The Bertz CT molecular complexity index is 1050. The molecule has 9 heteroatoms. The van der Waals surface area contributed by atoms with Crippen LogP contribution in [0.4, 0.5) is 10.5 Å². The number of ether oxygens (including phenoxy) is 3. The third-order valence-electron chi connectivity index (χ3n) is 7.19. The lowest BCUT2D eigenvalue weighted by Crippen LogP contribution is -2.69. The molecule has 0 radical (unpaired) electrons. The summed E-state index contributed by atoms with van der Waals surface area (Å²) in [6.07, 6.45) is 2.31. The van der Waals surface area contributed by atoms with E-state index >= 15 is 0 Å². The molecule has 36 heavy (non-hydrogen) atoms. The molecule has 2 fully saturated rings. The molecule has 2 unspecified atom stereocenters. The van der Waals surface area contributed by atoms with Gasteiger partial charge >= 0.3 is 6.09 Å². The molecule has 0 aliphatic carbocycles. The zero-order chi connectivity index (χ0) is 25.7. The molecule has 2 atom stereocenters. The lowest BCUT2D eigenvalue weighted by molar-refractivity contribution is -0.159. The van der Waals surface area contributed by atoms with E-state index in [2.05, 4.69) is 11.8 Å². The lowest BCUT2D eigenvalue weighted by atomic mass is 9.80. The number of benzene rings is 1. The molecule has 1 aromatic heterocycles. The maximum atomic E-state index is 14.4. The molecular formula is C27H37N3O5S. The molecule has 0 N–H and O–H groups in total. The standard InChI is InChI=1S/C27H37N3O5S/c1-5-9-23-27(35-24-13-12-20(2)36-24,14-8-15-30(23)26(32)34-4)25(31)29-18-16-28(17-19-29)21-10-6-7-11-22(21)33-3/h6-7,10-13,23H,5,8-9,14-19H2,1-4H3. The van der Waals surface area contributed by atoms with Crippen molar-refractivity contribution in [2.24, 2.45) is 0 Å². The largest absolute Gasteiger partial charge is 0.495 e. The highest BCUT2D eigenvalue weighted by molar-refractivity contribution is 7.13. The minimum atomic E-state index is -1.15. The Balaban J connectivity index is 1.62. The van der Waals surface area contributed by atoms with Gasteiger partial charge in [-0.25, -0.2) is 4.79 Å². The third-order valence-corrected chi connectivity index (χ3v) is 8.06. The molecular weight excluding hydrogens is 478 g/mol. The van der Waals surface area contributed by atoms with Gasteiger partial charge < -0.3 is 28.9 Å². The first-order valence-corrected chi connectivity index (χ1v) is 13.5. The van der Waals surface area contributed by atoms with Crippen molar-refractivity contribution in [3.63, 3.8) is 0 Å². The molecule has 2 aliphatic rings. The van der Waals surface area contributed by atoms with Crippen LogP contribution in [0.25, 0.3) is 0 Å². The average Bonchev–Trinajstić information content (AvgIpc) is 3.32. The molecule has 0 spiro atoms. The first kappa shape index (κ1) is 26.1. The van der Waals surface area contributed by atoms with Gasteiger partial charge in [0.2, 0.25) is 5.60 Å². The summed E-state index contributed by atoms with van der Waals surface area (Å²) in [5.74, 6) is 0.787. The molecule has 1 aromatic carbocycles. The van der Waals surface area contributed by atoms with Crippen molar-refractivity contribution in [1.29, 1.82) is 0 Å². The second-order valence-electron chi connectivity index (χ2n) is 9.38. The number of para-hydroxylation sites is 2. The van der Waals surface area contributed by atoms with Crippen LogP contribution in [0.3, 0.4) is 0 Å². The van der Waals surface area contributed by atoms with Crippen molar-refractivity contribution in [2.45, 2.75) is 51.2 Å². The van der Waals surface area contributed by atoms with Gasteiger partial charge in [-0.05, 0) is 44.0 Å². The molecule has 4 rings (SSSR count). The number of aryl methyl sites for hydroxylation is 1. The quantitative estimate of drug-likeness (QED) is 0.538. The first-order valence-electron chi connectivity index (χ1n) is 12.7. The molecule has 3 heterocycles. The van der Waals surface area contributed by atoms with Crippen molar-refractivity contribution in [1.82, 2.24) is 9.80 Å². The van der Waals surface area contributed by atoms with Gasteiger partial charge in [-0.2, -0.15) is 0 Å². The lowest BCUT2D eigenvalue weighted by Gasteiger charge is -2.50. The fourth-order valence-electron chi connectivity index (χ4n) is 5.45. The molecule has 0 bridgehead atoms. The highest BCUT2D eigenvalue weighted by Crippen LogP contribution is 2.40. The number of thiophene rings is 1. The van der Waals surface area contributed by atoms with Crippen LogP contribution in [-0.2, 0) is 9.53 Å². The Kier molecular flexibility index (Phi) is 8.28. The Morgan fingerprint density at radius 1 is 1.06 bits per heavy atom. The predicted octanol–water partition coefficient (Wildman–Crippen LogP) is 4.56. The Morgan fingerprint density at radius 3 is 2.44 bits per heavy atom. The van der Waals surface area contributed by atoms with Crippen LogP contribution >= 0.6 is 11.3 Å². The number of methoxy groups -OCH3 is 2. The number of likely N-dealkylation sites (tertiary alicyclic amines) is 1. The number of amides is 2. The summed E-state index contributed by atoms with van der Waals surface area (Å²) in [5.41, 5.74) is -0.114. The van der Waals surface area contributed by atoms with Gasteiger partial charge in [-0.15, -0.1) is 11.3 Å². The Hall–Kier alpha value is -2.94. The third kappa shape index (κ3) is 5.12. The summed E-state index contributed by atoms with van der Waals surface area (Å²) in [7, 11) is 3.07. The summed E-state index contributed by atoms with van der Waals surface area (Å²) in [5, 5.41) is 0.710. The van der Waals surface area contributed by atoms with Crippen LogP contribution in [0.15, 0.2) is 36.4 Å². The van der Waals surface area contributed by atoms with Crippen LogP contribution in [0.5, 0.6) is 10.8 Å². The Labute approximate surface area is 217 Å². The van der Waals surface area contributed by atoms with Gasteiger partial charge in [0.05, 0.1) is 25.9 Å². The summed E-state index contributed by atoms with van der Waals surface area (Å²) in [6, 6.07) is 11.5. The van der Waals surface area contributed by atoms with E-state index in [0.717, 1.165) is 22.7 Å². The van der Waals surface area contributed by atoms with Gasteiger partial charge in [0.15, 0.2) is 5.06 Å². The zero-order valence-electron chi connectivity index (χ0n) is 21.7. The maximum absolute atomic E-state index is 14.4. The number of piperazine rings is 1. The van der Waals surface area contributed by atoms with Crippen molar-refractivity contribution in [3.05, 3.63) is 41.3 Å². The molecule has 2 amide bonds. The number of carbonyl (C=O) groups excluding carboxylic acids is 2. The molecule has 196 valence electrons. The number of rotatable bonds is 7. The van der Waals surface area contributed by atoms with E-state index in [0.29, 0.717) is 57.0 Å². The monoisotopic (exact) mass is 515 g/mol. The topological polar surface area (TPSA) is 71.6 Å². The van der Waals surface area contributed by atoms with Gasteiger partial charge in [0.1, 0.15) is 5.75 Å². The minimum Gasteiger partial charge on any atom is -0.495 e. The van der Waals surface area contributed by atoms with Crippen LogP contribution in [0, 0.1) is 6.92 Å². The summed E-state index contributed by atoms with van der Waals surface area (Å²) in [6.45, 7) is 7.18. The normalized spacial score (nSPS) is 22.3. The number of piperidine rings is 1. The zero-order valence-corrected chi connectivity index (χ0v) is 22.5. The van der Waals surface area contributed by atoms with Crippen molar-refractivity contribution < 1.29 is 23.8 Å². The van der Waals surface area contributed by atoms with E-state index in [4.69, 9.17) is 14.2 Å². The Morgan fingerprint density at radius 2 is 1.81 bits per heavy atom. The number of hydrogen-bond donors (Lipinski definition) is 0. The van der Waals surface area contributed by atoms with E-state index in [1.807, 2.05) is 48.2 Å². The van der Waals surface area contributed by atoms with Crippen molar-refractivity contribution in [2.75, 3.05) is 51.8 Å². The van der Waals surface area contributed by atoms with E-state index < -0.39 is 17.7 Å². The molecule has 0 saturated carbocycles. The highest BCUT2D eigenvalue weighted by Gasteiger charge is 2.55. The second-order valence-corrected chi connectivity index (χ2v) is 10.6. The first-order chi connectivity index (χ1) is 17.4. The number of nitrogens with zero attached hydrogens (tertiary/aromatic N) is 3. The minimum absolute atomic E-state index is 0.0414. The predicted molar refractivity (Wildman–Crippen MR) is 141 cm³/mol. The van der Waals surface area contributed by atoms with Gasteiger partial charge in [-0.1, -0.05) is 25.5 Å². The van der Waals surface area contributed by atoms with Crippen LogP contribution in [0.2, 0.25) is 0 Å². The van der Waals surface area contributed by atoms with Crippen LogP contribution in [-0.4, -0.2) is 80.4 Å². The maximum Gasteiger partial charge on any atom is 0.409 e. The summed E-state index contributed by atoms with van der Waals surface area (Å²) in [4.78, 5) is 34.1. The second kappa shape index (κ2) is 11.4. The smallest absolute Gasteiger partial charge is 0.409 e. The van der Waals surface area contributed by atoms with E-state index in [1.54, 1.807) is 12.0 Å². The number of carbonyl (C=O) groups is 2. The molecule has 8 nitrogen and oxygen atoms in total. The van der Waals surface area contributed by atoms with Crippen LogP contribution in [0.1, 0.15) is 37.5 Å². The summed E-state index contributed by atoms with van der Waals surface area (Å²) < 4.78 is 17.3. The highest BCUT2D eigenvalue weighted by atomic mass is 32.1. The average molecular weight is 516 g/mol. The van der Waals surface area contributed by atoms with E-state index in [-0.39, 0.29) is 5.91 Å². The van der Waals surface area contributed by atoms with E-state index in [1.165, 1.54) is 18.4 Å². The van der Waals surface area contributed by atoms with Crippen LogP contribution < -0.4 is 14.4 Å². The summed E-state index contributed by atoms with van der Waals surface area (Å²) >= 11 is 1.53. The molecule has 2 aliphatic heterocycles. The molecule has 2 saturated heterocycles. The van der Waals surface area contributed by atoms with Gasteiger partial charge in [0.25, 0.3) is 5.91 Å². The van der Waals surface area contributed by atoms with Gasteiger partial charge in [0, 0.05) is 44.0 Å². The fraction of sp³-hybridized carbons (Fsp3) is 0.556. The number of hydrogen-bond acceptors (Lipinski definition) is 7. The SMILES string of the molecule is CCCC1N(C(=O)OC)CCCC1(Oc1ccc(C)s1)C(=O)N1CCN(c2ccccc2OC)CC1. The van der Waals surface area contributed by atoms with Gasteiger partial charge in [-0.3, -0.25) is 4.79 Å².